The summed E-state index contributed by atoms with van der Waals surface area (Å²) in [6.07, 6.45) is 4.68. The molecular weight excluding hydrogens is 280 g/mol. The van der Waals surface area contributed by atoms with Crippen LogP contribution in [0.25, 0.3) is 0 Å². The van der Waals surface area contributed by atoms with Gasteiger partial charge in [-0.05, 0) is 31.2 Å². The minimum Gasteiger partial charge on any atom is -0.472 e. The van der Waals surface area contributed by atoms with Crippen LogP contribution in [0.5, 0.6) is 0 Å². The van der Waals surface area contributed by atoms with E-state index in [9.17, 15) is 9.59 Å². The Kier molecular flexibility index (Phi) is 4.63. The Hall–Kier alpha value is -1.78. The van der Waals surface area contributed by atoms with Crippen molar-refractivity contribution in [3.63, 3.8) is 0 Å². The average Bonchev–Trinajstić information content (AvgIpc) is 3.04. The molecule has 0 unspecified atom stereocenters. The highest BCUT2D eigenvalue weighted by molar-refractivity contribution is 5.87. The standard InChI is InChI=1S/C17H26N2O3/c1-5-18-14(20)13-6-8-17(4,16(13,2)3)15(21)19-10-12-7-9-22-11-12/h7,9,11,13H,5-6,8,10H2,1-4H3,(H,18,20)(H,19,21)/t13-,17+/m0/s1. The minimum absolute atomic E-state index is 0.00509. The van der Waals surface area contributed by atoms with Gasteiger partial charge in [0.25, 0.3) is 0 Å². The first-order chi connectivity index (χ1) is 10.3. The lowest BCUT2D eigenvalue weighted by molar-refractivity contribution is -0.139. The molecule has 2 rings (SSSR count). The zero-order valence-electron chi connectivity index (χ0n) is 13.9. The molecule has 0 saturated heterocycles. The topological polar surface area (TPSA) is 71.3 Å². The van der Waals surface area contributed by atoms with E-state index in [0.29, 0.717) is 13.1 Å². The van der Waals surface area contributed by atoms with E-state index in [1.807, 2.05) is 33.8 Å². The first kappa shape index (κ1) is 16.6. The quantitative estimate of drug-likeness (QED) is 0.878. The Morgan fingerprint density at radius 1 is 1.32 bits per heavy atom. The highest BCUT2D eigenvalue weighted by atomic mass is 16.3. The summed E-state index contributed by atoms with van der Waals surface area (Å²) in [6.45, 7) is 9.00. The third kappa shape index (κ3) is 2.76. The van der Waals surface area contributed by atoms with E-state index in [-0.39, 0.29) is 23.1 Å². The number of carbonyl (C=O) groups excluding carboxylic acids is 2. The molecule has 0 spiro atoms. The summed E-state index contributed by atoms with van der Waals surface area (Å²) in [5, 5.41) is 5.88. The smallest absolute Gasteiger partial charge is 0.226 e. The number of carbonyl (C=O) groups is 2. The summed E-state index contributed by atoms with van der Waals surface area (Å²) in [5.74, 6) is -0.0681. The Labute approximate surface area is 131 Å². The van der Waals surface area contributed by atoms with Crippen LogP contribution in [-0.2, 0) is 16.1 Å². The van der Waals surface area contributed by atoms with E-state index in [4.69, 9.17) is 4.42 Å². The highest BCUT2D eigenvalue weighted by Gasteiger charge is 2.57. The van der Waals surface area contributed by atoms with Crippen molar-refractivity contribution in [1.29, 1.82) is 0 Å². The molecule has 1 saturated carbocycles. The largest absolute Gasteiger partial charge is 0.472 e. The van der Waals surface area contributed by atoms with Crippen molar-refractivity contribution in [3.05, 3.63) is 24.2 Å². The predicted molar refractivity (Wildman–Crippen MR) is 83.9 cm³/mol. The van der Waals surface area contributed by atoms with Gasteiger partial charge in [0.1, 0.15) is 0 Å². The van der Waals surface area contributed by atoms with Crippen LogP contribution >= 0.6 is 0 Å². The monoisotopic (exact) mass is 306 g/mol. The van der Waals surface area contributed by atoms with Gasteiger partial charge in [0.15, 0.2) is 0 Å². The molecule has 1 heterocycles. The summed E-state index contributed by atoms with van der Waals surface area (Å²) in [4.78, 5) is 25.0. The van der Waals surface area contributed by atoms with E-state index >= 15 is 0 Å². The van der Waals surface area contributed by atoms with Crippen molar-refractivity contribution in [1.82, 2.24) is 10.6 Å². The second-order valence-corrected chi connectivity index (χ2v) is 6.85. The molecule has 0 radical (unpaired) electrons. The van der Waals surface area contributed by atoms with Gasteiger partial charge in [-0.1, -0.05) is 20.8 Å². The molecule has 1 fully saturated rings. The molecule has 0 aromatic carbocycles. The van der Waals surface area contributed by atoms with Crippen molar-refractivity contribution < 1.29 is 14.0 Å². The number of furan rings is 1. The number of nitrogens with one attached hydrogen (secondary N) is 2. The van der Waals surface area contributed by atoms with E-state index in [1.165, 1.54) is 0 Å². The molecule has 5 heteroatoms. The van der Waals surface area contributed by atoms with E-state index in [2.05, 4.69) is 10.6 Å². The minimum atomic E-state index is -0.549. The number of amides is 2. The third-order valence-electron chi connectivity index (χ3n) is 5.43. The normalized spacial score (nSPS) is 26.6. The molecule has 5 nitrogen and oxygen atoms in total. The molecule has 2 N–H and O–H groups in total. The van der Waals surface area contributed by atoms with Crippen molar-refractivity contribution in [2.45, 2.75) is 47.1 Å². The molecular formula is C17H26N2O3. The average molecular weight is 306 g/mol. The van der Waals surface area contributed by atoms with E-state index < -0.39 is 5.41 Å². The molecule has 1 aliphatic carbocycles. The summed E-state index contributed by atoms with van der Waals surface area (Å²) in [7, 11) is 0. The second kappa shape index (κ2) is 6.15. The van der Waals surface area contributed by atoms with Crippen LogP contribution in [-0.4, -0.2) is 18.4 Å². The third-order valence-corrected chi connectivity index (χ3v) is 5.43. The van der Waals surface area contributed by atoms with Crippen LogP contribution in [0.2, 0.25) is 0 Å². The van der Waals surface area contributed by atoms with Gasteiger partial charge in [0.05, 0.1) is 17.9 Å². The predicted octanol–water partition coefficient (Wildman–Crippen LogP) is 2.47. The van der Waals surface area contributed by atoms with Gasteiger partial charge in [-0.25, -0.2) is 0 Å². The van der Waals surface area contributed by atoms with Gasteiger partial charge in [-0.15, -0.1) is 0 Å². The van der Waals surface area contributed by atoms with Gasteiger partial charge in [-0.3, -0.25) is 9.59 Å². The van der Waals surface area contributed by atoms with Gasteiger partial charge in [0, 0.05) is 24.6 Å². The lowest BCUT2D eigenvalue weighted by Gasteiger charge is -2.39. The first-order valence-corrected chi connectivity index (χ1v) is 7.90. The van der Waals surface area contributed by atoms with Crippen LogP contribution in [0, 0.1) is 16.7 Å². The Bertz CT molecular complexity index is 536. The Morgan fingerprint density at radius 2 is 2.05 bits per heavy atom. The maximum atomic E-state index is 12.7. The van der Waals surface area contributed by atoms with Gasteiger partial charge in [-0.2, -0.15) is 0 Å². The van der Waals surface area contributed by atoms with Crippen LogP contribution < -0.4 is 10.6 Å². The summed E-state index contributed by atoms with van der Waals surface area (Å²) in [5.41, 5.74) is 0.00666. The number of rotatable bonds is 5. The number of hydrogen-bond donors (Lipinski definition) is 2. The molecule has 1 aromatic heterocycles. The van der Waals surface area contributed by atoms with Crippen molar-refractivity contribution >= 4 is 11.8 Å². The molecule has 0 aliphatic heterocycles. The zero-order chi connectivity index (χ0) is 16.4. The molecule has 2 atom stereocenters. The Balaban J connectivity index is 2.08. The lowest BCUT2D eigenvalue weighted by atomic mass is 9.65. The first-order valence-electron chi connectivity index (χ1n) is 7.90. The molecule has 2 amide bonds. The molecule has 1 aromatic rings. The highest BCUT2D eigenvalue weighted by Crippen LogP contribution is 2.56. The fourth-order valence-electron chi connectivity index (χ4n) is 3.43. The zero-order valence-corrected chi connectivity index (χ0v) is 13.9. The molecule has 0 bridgehead atoms. The van der Waals surface area contributed by atoms with Crippen molar-refractivity contribution in [3.8, 4) is 0 Å². The van der Waals surface area contributed by atoms with Gasteiger partial charge in [0.2, 0.25) is 11.8 Å². The van der Waals surface area contributed by atoms with Gasteiger partial charge < -0.3 is 15.1 Å². The van der Waals surface area contributed by atoms with E-state index in [1.54, 1.807) is 12.5 Å². The maximum Gasteiger partial charge on any atom is 0.226 e. The SMILES string of the molecule is CCNC(=O)[C@@H]1CC[C@](C)(C(=O)NCc2ccoc2)C1(C)C. The summed E-state index contributed by atoms with van der Waals surface area (Å²) < 4.78 is 5.01. The van der Waals surface area contributed by atoms with E-state index in [0.717, 1.165) is 18.4 Å². The second-order valence-electron chi connectivity index (χ2n) is 6.85. The summed E-state index contributed by atoms with van der Waals surface area (Å²) >= 11 is 0. The van der Waals surface area contributed by atoms with Crippen molar-refractivity contribution in [2.24, 2.45) is 16.7 Å². The lowest BCUT2D eigenvalue weighted by Crippen LogP contribution is -2.49. The van der Waals surface area contributed by atoms with Crippen LogP contribution in [0.4, 0.5) is 0 Å². The fourth-order valence-corrected chi connectivity index (χ4v) is 3.43. The van der Waals surface area contributed by atoms with Crippen LogP contribution in [0.15, 0.2) is 23.0 Å². The number of hydrogen-bond acceptors (Lipinski definition) is 3. The molecule has 1 aliphatic rings. The maximum absolute atomic E-state index is 12.7. The van der Waals surface area contributed by atoms with Crippen molar-refractivity contribution in [2.75, 3.05) is 6.54 Å². The summed E-state index contributed by atoms with van der Waals surface area (Å²) in [6, 6.07) is 1.83. The van der Waals surface area contributed by atoms with Crippen LogP contribution in [0.3, 0.4) is 0 Å². The van der Waals surface area contributed by atoms with Crippen LogP contribution in [0.1, 0.15) is 46.1 Å². The molecule has 122 valence electrons. The molecule has 22 heavy (non-hydrogen) atoms. The Morgan fingerprint density at radius 3 is 2.64 bits per heavy atom. The van der Waals surface area contributed by atoms with Gasteiger partial charge >= 0.3 is 0 Å². The fraction of sp³-hybridized carbons (Fsp3) is 0.647.